The van der Waals surface area contributed by atoms with Gasteiger partial charge in [0.15, 0.2) is 0 Å². The van der Waals surface area contributed by atoms with E-state index in [0.29, 0.717) is 19.5 Å². The number of nitrogens with one attached hydrogen (secondary N) is 1. The summed E-state index contributed by atoms with van der Waals surface area (Å²) >= 11 is 0. The van der Waals surface area contributed by atoms with Crippen molar-refractivity contribution >= 4 is 23.2 Å². The van der Waals surface area contributed by atoms with Gasteiger partial charge in [-0.2, -0.15) is 0 Å². The number of hydrogen-bond acceptors (Lipinski definition) is 4. The lowest BCUT2D eigenvalue weighted by molar-refractivity contribution is -0.141. The first-order valence-corrected chi connectivity index (χ1v) is 10.1. The van der Waals surface area contributed by atoms with Gasteiger partial charge < -0.3 is 19.9 Å². The van der Waals surface area contributed by atoms with E-state index in [1.54, 1.807) is 0 Å². The number of nitrogens with zero attached hydrogens (tertiary/aromatic N) is 2. The standard InChI is InChI=1S/C22H35N3O3/c1-7-20(26)23-17-10-11-19(24(5)6)16(13-17)14-25(21(27)22(2,3)4)15-18-9-8-12-28-18/h10-11,13,18H,7-9,12,14-15H2,1-6H3,(H,23,26)/t18-/m1/s1. The van der Waals surface area contributed by atoms with Crippen molar-refractivity contribution in [3.63, 3.8) is 0 Å². The summed E-state index contributed by atoms with van der Waals surface area (Å²) in [6, 6.07) is 5.87. The quantitative estimate of drug-likeness (QED) is 0.773. The highest BCUT2D eigenvalue weighted by Gasteiger charge is 2.30. The van der Waals surface area contributed by atoms with Crippen LogP contribution in [0.5, 0.6) is 0 Å². The molecule has 0 radical (unpaired) electrons. The highest BCUT2D eigenvalue weighted by Crippen LogP contribution is 2.28. The Morgan fingerprint density at radius 1 is 1.25 bits per heavy atom. The summed E-state index contributed by atoms with van der Waals surface area (Å²) in [5.74, 6) is 0.0845. The first kappa shape index (κ1) is 22.2. The summed E-state index contributed by atoms with van der Waals surface area (Å²) in [6.07, 6.45) is 2.56. The lowest BCUT2D eigenvalue weighted by Crippen LogP contribution is -2.43. The van der Waals surface area contributed by atoms with Crippen LogP contribution in [0.15, 0.2) is 18.2 Å². The van der Waals surface area contributed by atoms with Gasteiger partial charge in [0.2, 0.25) is 11.8 Å². The summed E-state index contributed by atoms with van der Waals surface area (Å²) in [6.45, 7) is 9.51. The third-order valence-electron chi connectivity index (χ3n) is 4.90. The van der Waals surface area contributed by atoms with E-state index in [1.165, 1.54) is 0 Å². The first-order valence-electron chi connectivity index (χ1n) is 10.1. The zero-order valence-corrected chi connectivity index (χ0v) is 18.2. The van der Waals surface area contributed by atoms with Gasteiger partial charge in [-0.1, -0.05) is 27.7 Å². The summed E-state index contributed by atoms with van der Waals surface area (Å²) < 4.78 is 5.79. The molecule has 1 N–H and O–H groups in total. The highest BCUT2D eigenvalue weighted by atomic mass is 16.5. The van der Waals surface area contributed by atoms with Crippen LogP contribution in [-0.4, -0.2) is 50.1 Å². The maximum atomic E-state index is 13.1. The predicted molar refractivity (Wildman–Crippen MR) is 114 cm³/mol. The van der Waals surface area contributed by atoms with Gasteiger partial charge in [-0.05, 0) is 36.6 Å². The molecular weight excluding hydrogens is 354 g/mol. The van der Waals surface area contributed by atoms with E-state index in [2.05, 4.69) is 5.32 Å². The number of carbonyl (C=O) groups is 2. The van der Waals surface area contributed by atoms with E-state index >= 15 is 0 Å². The molecule has 2 amide bonds. The van der Waals surface area contributed by atoms with Crippen molar-refractivity contribution < 1.29 is 14.3 Å². The van der Waals surface area contributed by atoms with Crippen LogP contribution in [0.2, 0.25) is 0 Å². The number of amides is 2. The van der Waals surface area contributed by atoms with Crippen LogP contribution in [0, 0.1) is 5.41 Å². The molecule has 0 aromatic heterocycles. The van der Waals surface area contributed by atoms with Gasteiger partial charge >= 0.3 is 0 Å². The Morgan fingerprint density at radius 3 is 2.50 bits per heavy atom. The van der Waals surface area contributed by atoms with Crippen LogP contribution in [0.3, 0.4) is 0 Å². The van der Waals surface area contributed by atoms with Crippen molar-refractivity contribution in [3.05, 3.63) is 23.8 Å². The van der Waals surface area contributed by atoms with E-state index in [-0.39, 0.29) is 17.9 Å². The molecule has 6 heteroatoms. The molecule has 1 atom stereocenters. The van der Waals surface area contributed by atoms with Gasteiger partial charge in [-0.25, -0.2) is 0 Å². The van der Waals surface area contributed by atoms with Crippen LogP contribution < -0.4 is 10.2 Å². The number of carbonyl (C=O) groups excluding carboxylic acids is 2. The van der Waals surface area contributed by atoms with Crippen LogP contribution in [0.25, 0.3) is 0 Å². The Kier molecular flexibility index (Phi) is 7.47. The number of rotatable bonds is 7. The molecule has 2 rings (SSSR count). The van der Waals surface area contributed by atoms with Crippen molar-refractivity contribution in [1.82, 2.24) is 4.90 Å². The predicted octanol–water partition coefficient (Wildman–Crippen LogP) is 3.65. The Hall–Kier alpha value is -2.08. The number of benzene rings is 1. The normalized spacial score (nSPS) is 16.7. The second-order valence-corrected chi connectivity index (χ2v) is 8.71. The van der Waals surface area contributed by atoms with E-state index in [0.717, 1.165) is 36.4 Å². The molecule has 1 aromatic rings. The summed E-state index contributed by atoms with van der Waals surface area (Å²) in [4.78, 5) is 28.9. The second-order valence-electron chi connectivity index (χ2n) is 8.71. The fourth-order valence-electron chi connectivity index (χ4n) is 3.41. The minimum absolute atomic E-state index is 0.0227. The second kappa shape index (κ2) is 9.41. The maximum absolute atomic E-state index is 13.1. The smallest absolute Gasteiger partial charge is 0.228 e. The zero-order valence-electron chi connectivity index (χ0n) is 18.2. The molecule has 1 aliphatic heterocycles. The van der Waals surface area contributed by atoms with Gasteiger partial charge in [-0.15, -0.1) is 0 Å². The van der Waals surface area contributed by atoms with Gasteiger partial charge in [-0.3, -0.25) is 9.59 Å². The van der Waals surface area contributed by atoms with E-state index < -0.39 is 5.41 Å². The molecule has 0 aliphatic carbocycles. The van der Waals surface area contributed by atoms with E-state index in [9.17, 15) is 9.59 Å². The van der Waals surface area contributed by atoms with Gasteiger partial charge in [0.1, 0.15) is 0 Å². The fraction of sp³-hybridized carbons (Fsp3) is 0.636. The molecule has 156 valence electrons. The lowest BCUT2D eigenvalue weighted by Gasteiger charge is -2.32. The monoisotopic (exact) mass is 389 g/mol. The van der Waals surface area contributed by atoms with Crippen molar-refractivity contribution in [2.75, 3.05) is 37.5 Å². The summed E-state index contributed by atoms with van der Waals surface area (Å²) in [5.41, 5.74) is 2.33. The number of hydrogen-bond donors (Lipinski definition) is 1. The van der Waals surface area contributed by atoms with E-state index in [4.69, 9.17) is 4.74 Å². The van der Waals surface area contributed by atoms with Gasteiger partial charge in [0, 0.05) is 57.0 Å². The number of ether oxygens (including phenoxy) is 1. The van der Waals surface area contributed by atoms with Crippen LogP contribution in [0.1, 0.15) is 52.5 Å². The van der Waals surface area contributed by atoms with Crippen molar-refractivity contribution in [1.29, 1.82) is 0 Å². The zero-order chi connectivity index (χ0) is 20.9. The Morgan fingerprint density at radius 2 is 1.96 bits per heavy atom. The molecule has 1 fully saturated rings. The molecule has 0 bridgehead atoms. The fourth-order valence-corrected chi connectivity index (χ4v) is 3.41. The first-order chi connectivity index (χ1) is 13.1. The molecule has 6 nitrogen and oxygen atoms in total. The van der Waals surface area contributed by atoms with Crippen molar-refractivity contribution in [2.24, 2.45) is 5.41 Å². The number of anilines is 2. The molecule has 0 unspecified atom stereocenters. The molecule has 1 aromatic carbocycles. The SMILES string of the molecule is CCC(=O)Nc1ccc(N(C)C)c(CN(C[C@H]2CCCO2)C(=O)C(C)(C)C)c1. The Bertz CT molecular complexity index is 689. The third kappa shape index (κ3) is 5.96. The molecule has 1 saturated heterocycles. The molecular formula is C22H35N3O3. The minimum Gasteiger partial charge on any atom is -0.377 e. The largest absolute Gasteiger partial charge is 0.377 e. The lowest BCUT2D eigenvalue weighted by atomic mass is 9.94. The van der Waals surface area contributed by atoms with Gasteiger partial charge in [0.05, 0.1) is 6.10 Å². The highest BCUT2D eigenvalue weighted by molar-refractivity contribution is 5.91. The maximum Gasteiger partial charge on any atom is 0.228 e. The van der Waals surface area contributed by atoms with Crippen LogP contribution >= 0.6 is 0 Å². The van der Waals surface area contributed by atoms with Crippen molar-refractivity contribution in [3.8, 4) is 0 Å². The Balaban J connectivity index is 2.32. The topological polar surface area (TPSA) is 61.9 Å². The van der Waals surface area contributed by atoms with Crippen LogP contribution in [-0.2, 0) is 20.9 Å². The summed E-state index contributed by atoms with van der Waals surface area (Å²) in [7, 11) is 3.97. The minimum atomic E-state index is -0.467. The van der Waals surface area contributed by atoms with E-state index in [1.807, 2.05) is 69.8 Å². The molecule has 28 heavy (non-hydrogen) atoms. The Labute approximate surface area is 169 Å². The third-order valence-corrected chi connectivity index (χ3v) is 4.90. The average molecular weight is 390 g/mol. The average Bonchev–Trinajstić information content (AvgIpc) is 3.12. The molecule has 1 heterocycles. The van der Waals surface area contributed by atoms with Gasteiger partial charge in [0.25, 0.3) is 0 Å². The molecule has 1 aliphatic rings. The summed E-state index contributed by atoms with van der Waals surface area (Å²) in [5, 5.41) is 2.92. The van der Waals surface area contributed by atoms with Crippen LogP contribution in [0.4, 0.5) is 11.4 Å². The van der Waals surface area contributed by atoms with Crippen molar-refractivity contribution in [2.45, 2.75) is 59.6 Å². The molecule has 0 spiro atoms. The molecule has 0 saturated carbocycles.